The number of aromatic nitrogens is 2. The van der Waals surface area contributed by atoms with E-state index in [0.717, 1.165) is 18.5 Å². The maximum absolute atomic E-state index is 11.8. The monoisotopic (exact) mass is 250 g/mol. The lowest BCUT2D eigenvalue weighted by atomic mass is 10.3. The first-order valence-electron chi connectivity index (χ1n) is 5.97. The van der Waals surface area contributed by atoms with Gasteiger partial charge >= 0.3 is 0 Å². The quantitative estimate of drug-likeness (QED) is 0.438. The van der Waals surface area contributed by atoms with Gasteiger partial charge in [-0.15, -0.1) is 0 Å². The van der Waals surface area contributed by atoms with Gasteiger partial charge in [-0.3, -0.25) is 10.2 Å². The van der Waals surface area contributed by atoms with E-state index in [1.807, 2.05) is 6.92 Å². The number of hydrogen-bond donors (Lipinski definition) is 4. The Labute approximate surface area is 106 Å². The zero-order valence-electron chi connectivity index (χ0n) is 10.5. The molecule has 7 heteroatoms. The molecular formula is C11H18N6O. The summed E-state index contributed by atoms with van der Waals surface area (Å²) in [5.41, 5.74) is 3.16. The van der Waals surface area contributed by atoms with E-state index in [-0.39, 0.29) is 11.9 Å². The van der Waals surface area contributed by atoms with Crippen molar-refractivity contribution in [3.05, 3.63) is 11.8 Å². The Kier molecular flexibility index (Phi) is 3.61. The highest BCUT2D eigenvalue weighted by molar-refractivity contribution is 5.84. The van der Waals surface area contributed by atoms with Crippen LogP contribution in [-0.4, -0.2) is 28.0 Å². The van der Waals surface area contributed by atoms with Gasteiger partial charge in [-0.05, 0) is 26.7 Å². The maximum atomic E-state index is 11.8. The number of nitrogens with two attached hydrogens (primary N) is 1. The molecule has 1 saturated carbocycles. The van der Waals surface area contributed by atoms with Crippen molar-refractivity contribution in [1.82, 2.24) is 15.3 Å². The van der Waals surface area contributed by atoms with Crippen LogP contribution in [0.3, 0.4) is 0 Å². The van der Waals surface area contributed by atoms with Crippen molar-refractivity contribution < 1.29 is 4.79 Å². The Balaban J connectivity index is 1.98. The van der Waals surface area contributed by atoms with Gasteiger partial charge in [0.25, 0.3) is 0 Å². The van der Waals surface area contributed by atoms with Crippen LogP contribution in [0.1, 0.15) is 25.5 Å². The first-order chi connectivity index (χ1) is 8.58. The van der Waals surface area contributed by atoms with E-state index in [1.165, 1.54) is 0 Å². The molecule has 98 valence electrons. The lowest BCUT2D eigenvalue weighted by Crippen LogP contribution is -2.38. The molecular weight excluding hydrogens is 232 g/mol. The van der Waals surface area contributed by atoms with Crippen LogP contribution in [0, 0.1) is 6.92 Å². The third-order valence-corrected chi connectivity index (χ3v) is 2.66. The molecule has 0 aliphatic heterocycles. The Morgan fingerprint density at radius 3 is 2.83 bits per heavy atom. The van der Waals surface area contributed by atoms with Gasteiger partial charge in [-0.1, -0.05) is 0 Å². The van der Waals surface area contributed by atoms with E-state index >= 15 is 0 Å². The minimum atomic E-state index is -0.342. The average Bonchev–Trinajstić information content (AvgIpc) is 3.11. The zero-order chi connectivity index (χ0) is 13.1. The van der Waals surface area contributed by atoms with Gasteiger partial charge in [0.2, 0.25) is 11.9 Å². The van der Waals surface area contributed by atoms with E-state index in [2.05, 4.69) is 26.0 Å². The standard InChI is InChI=1S/C11H18N6O/c1-6-5-9(16-11(13-6)17-12)14-7(2)10(18)15-8-3-4-8/h5,7-8H,3-4,12H2,1-2H3,(H,15,18)(H2,13,14,16,17). The molecule has 1 aromatic heterocycles. The van der Waals surface area contributed by atoms with Gasteiger partial charge in [0.1, 0.15) is 11.9 Å². The minimum absolute atomic E-state index is 0.0176. The Morgan fingerprint density at radius 1 is 1.50 bits per heavy atom. The van der Waals surface area contributed by atoms with E-state index in [9.17, 15) is 4.79 Å². The zero-order valence-corrected chi connectivity index (χ0v) is 10.5. The highest BCUT2D eigenvalue weighted by Gasteiger charge is 2.25. The van der Waals surface area contributed by atoms with Gasteiger partial charge in [-0.2, -0.15) is 4.98 Å². The van der Waals surface area contributed by atoms with Gasteiger partial charge in [0.05, 0.1) is 0 Å². The Morgan fingerprint density at radius 2 is 2.22 bits per heavy atom. The van der Waals surface area contributed by atoms with Crippen molar-refractivity contribution in [2.45, 2.75) is 38.8 Å². The molecule has 2 rings (SSSR count). The molecule has 1 heterocycles. The van der Waals surface area contributed by atoms with Crippen molar-refractivity contribution in [3.63, 3.8) is 0 Å². The molecule has 1 unspecified atom stereocenters. The molecule has 1 fully saturated rings. The predicted octanol–water partition coefficient (Wildman–Crippen LogP) is 0.150. The van der Waals surface area contributed by atoms with Crippen molar-refractivity contribution in [2.75, 3.05) is 10.7 Å². The number of carbonyl (C=O) groups is 1. The number of nitrogens with zero attached hydrogens (tertiary/aromatic N) is 2. The third-order valence-electron chi connectivity index (χ3n) is 2.66. The molecule has 0 bridgehead atoms. The van der Waals surface area contributed by atoms with Crippen LogP contribution in [0.4, 0.5) is 11.8 Å². The summed E-state index contributed by atoms with van der Waals surface area (Å²) in [6, 6.07) is 1.78. The second-order valence-electron chi connectivity index (χ2n) is 4.51. The fourth-order valence-electron chi connectivity index (χ4n) is 1.55. The molecule has 0 aromatic carbocycles. The fraction of sp³-hybridized carbons (Fsp3) is 0.545. The predicted molar refractivity (Wildman–Crippen MR) is 68.8 cm³/mol. The smallest absolute Gasteiger partial charge is 0.242 e. The summed E-state index contributed by atoms with van der Waals surface area (Å²) in [6.45, 7) is 3.63. The van der Waals surface area contributed by atoms with Crippen LogP contribution in [0.15, 0.2) is 6.07 Å². The summed E-state index contributed by atoms with van der Waals surface area (Å²) >= 11 is 0. The molecule has 1 aliphatic carbocycles. The van der Waals surface area contributed by atoms with E-state index in [0.29, 0.717) is 17.8 Å². The number of nitrogens with one attached hydrogen (secondary N) is 3. The topological polar surface area (TPSA) is 105 Å². The van der Waals surface area contributed by atoms with Crippen LogP contribution in [0.2, 0.25) is 0 Å². The van der Waals surface area contributed by atoms with Gasteiger partial charge in [0, 0.05) is 17.8 Å². The number of anilines is 2. The van der Waals surface area contributed by atoms with Gasteiger partial charge in [-0.25, -0.2) is 10.8 Å². The van der Waals surface area contributed by atoms with Crippen molar-refractivity contribution in [1.29, 1.82) is 0 Å². The van der Waals surface area contributed by atoms with E-state index in [4.69, 9.17) is 5.84 Å². The second-order valence-corrected chi connectivity index (χ2v) is 4.51. The normalized spacial score (nSPS) is 15.9. The van der Waals surface area contributed by atoms with Crippen LogP contribution in [0.25, 0.3) is 0 Å². The number of hydrazine groups is 1. The van der Waals surface area contributed by atoms with Crippen LogP contribution >= 0.6 is 0 Å². The summed E-state index contributed by atoms with van der Waals surface area (Å²) in [7, 11) is 0. The molecule has 0 spiro atoms. The first kappa shape index (κ1) is 12.6. The summed E-state index contributed by atoms with van der Waals surface area (Å²) in [5, 5.41) is 5.96. The maximum Gasteiger partial charge on any atom is 0.242 e. The summed E-state index contributed by atoms with van der Waals surface area (Å²) in [4.78, 5) is 20.0. The number of rotatable bonds is 5. The molecule has 7 nitrogen and oxygen atoms in total. The Bertz CT molecular complexity index is 445. The van der Waals surface area contributed by atoms with Crippen LogP contribution in [0.5, 0.6) is 0 Å². The SMILES string of the molecule is Cc1cc(NC(C)C(=O)NC2CC2)nc(NN)n1. The van der Waals surface area contributed by atoms with Gasteiger partial charge in [0.15, 0.2) is 0 Å². The molecule has 1 atom stereocenters. The van der Waals surface area contributed by atoms with Crippen molar-refractivity contribution in [2.24, 2.45) is 5.84 Å². The van der Waals surface area contributed by atoms with Crippen LogP contribution < -0.4 is 21.9 Å². The van der Waals surface area contributed by atoms with Crippen molar-refractivity contribution in [3.8, 4) is 0 Å². The van der Waals surface area contributed by atoms with Crippen molar-refractivity contribution >= 4 is 17.7 Å². The number of nitrogen functional groups attached to an aromatic ring is 1. The molecule has 5 N–H and O–H groups in total. The Hall–Kier alpha value is -1.89. The third kappa shape index (κ3) is 3.30. The highest BCUT2D eigenvalue weighted by atomic mass is 16.2. The summed E-state index contributed by atoms with van der Waals surface area (Å²) in [5.74, 6) is 6.16. The largest absolute Gasteiger partial charge is 0.358 e. The molecule has 18 heavy (non-hydrogen) atoms. The average molecular weight is 250 g/mol. The fourth-order valence-corrected chi connectivity index (χ4v) is 1.55. The highest BCUT2D eigenvalue weighted by Crippen LogP contribution is 2.19. The lowest BCUT2D eigenvalue weighted by molar-refractivity contribution is -0.121. The summed E-state index contributed by atoms with van der Waals surface area (Å²) in [6.07, 6.45) is 2.15. The number of hydrogen-bond acceptors (Lipinski definition) is 6. The second kappa shape index (κ2) is 5.18. The van der Waals surface area contributed by atoms with Gasteiger partial charge < -0.3 is 10.6 Å². The molecule has 1 aromatic rings. The minimum Gasteiger partial charge on any atom is -0.358 e. The molecule has 0 saturated heterocycles. The molecule has 0 radical (unpaired) electrons. The van der Waals surface area contributed by atoms with E-state index < -0.39 is 0 Å². The number of aryl methyl sites for hydroxylation is 1. The number of amides is 1. The number of carbonyl (C=O) groups excluding carboxylic acids is 1. The van der Waals surface area contributed by atoms with Crippen LogP contribution in [-0.2, 0) is 4.79 Å². The molecule has 1 amide bonds. The first-order valence-corrected chi connectivity index (χ1v) is 5.97. The van der Waals surface area contributed by atoms with E-state index in [1.54, 1.807) is 13.0 Å². The summed E-state index contributed by atoms with van der Waals surface area (Å²) < 4.78 is 0. The molecule has 1 aliphatic rings. The lowest BCUT2D eigenvalue weighted by Gasteiger charge is -2.15.